The number of Topliss-reactive ketones (excluding diaryl/α,β-unsaturated/α-hetero) is 2. The highest BCUT2D eigenvalue weighted by molar-refractivity contribution is 6.34. The van der Waals surface area contributed by atoms with Gasteiger partial charge in [-0.3, -0.25) is 9.59 Å². The zero-order valence-electron chi connectivity index (χ0n) is 6.15. The molecule has 12 heavy (non-hydrogen) atoms. The summed E-state index contributed by atoms with van der Waals surface area (Å²) in [5, 5.41) is -3.88. The number of hydrogen-bond acceptors (Lipinski definition) is 2. The van der Waals surface area contributed by atoms with E-state index in [9.17, 15) is 18.4 Å². The van der Waals surface area contributed by atoms with E-state index in [-0.39, 0.29) is 12.8 Å². The van der Waals surface area contributed by atoms with Crippen molar-refractivity contribution >= 4 is 23.2 Å². The first-order chi connectivity index (χ1) is 5.43. The molecule has 1 rings (SSSR count). The molecule has 5 heteroatoms. The van der Waals surface area contributed by atoms with Gasteiger partial charge in [0, 0.05) is 6.42 Å². The Morgan fingerprint density at radius 2 is 2.17 bits per heavy atom. The van der Waals surface area contributed by atoms with Gasteiger partial charge in [-0.05, 0) is 24.4 Å². The van der Waals surface area contributed by atoms with Gasteiger partial charge in [0.2, 0.25) is 5.78 Å². The third-order valence-corrected chi connectivity index (χ3v) is 2.09. The van der Waals surface area contributed by atoms with Crippen LogP contribution in [0.25, 0.3) is 0 Å². The first kappa shape index (κ1) is 9.58. The molecule has 0 heterocycles. The van der Waals surface area contributed by atoms with Crippen LogP contribution in [0.15, 0.2) is 0 Å². The van der Waals surface area contributed by atoms with E-state index in [1.54, 1.807) is 0 Å². The Kier molecular flexibility index (Phi) is 2.46. The fourth-order valence-corrected chi connectivity index (χ4v) is 1.42. The van der Waals surface area contributed by atoms with Crippen molar-refractivity contribution in [2.24, 2.45) is 5.92 Å². The number of rotatable bonds is 2. The summed E-state index contributed by atoms with van der Waals surface area (Å²) in [6, 6.07) is 0. The van der Waals surface area contributed by atoms with Crippen LogP contribution in [-0.4, -0.2) is 16.9 Å². The highest BCUT2D eigenvalue weighted by Crippen LogP contribution is 2.31. The minimum absolute atomic E-state index is 0.208. The Bertz CT molecular complexity index is 222. The minimum Gasteiger partial charge on any atom is -0.299 e. The molecule has 1 saturated carbocycles. The lowest BCUT2D eigenvalue weighted by Gasteiger charge is -2.10. The highest BCUT2D eigenvalue weighted by Gasteiger charge is 2.45. The van der Waals surface area contributed by atoms with Gasteiger partial charge in [0.15, 0.2) is 0 Å². The average molecular weight is 197 g/mol. The third-order valence-electron chi connectivity index (χ3n) is 1.90. The van der Waals surface area contributed by atoms with Crippen LogP contribution in [0.1, 0.15) is 19.3 Å². The standard InChI is InChI=1S/C7H7ClF2O2/c8-7(9,10)6(12)4-2-1-3-5(4)11/h4H,1-3H2/t4-/m0/s1. The number of carbonyl (C=O) groups is 2. The summed E-state index contributed by atoms with van der Waals surface area (Å²) in [5.41, 5.74) is 0. The maximum atomic E-state index is 12.2. The van der Waals surface area contributed by atoms with E-state index in [1.165, 1.54) is 0 Å². The quantitative estimate of drug-likeness (QED) is 0.498. The molecule has 0 N–H and O–H groups in total. The smallest absolute Gasteiger partial charge is 0.299 e. The van der Waals surface area contributed by atoms with Gasteiger partial charge >= 0.3 is 5.38 Å². The third kappa shape index (κ3) is 1.80. The van der Waals surface area contributed by atoms with Crippen LogP contribution in [-0.2, 0) is 9.59 Å². The number of hydrogen-bond donors (Lipinski definition) is 0. The van der Waals surface area contributed by atoms with Crippen LogP contribution in [0.5, 0.6) is 0 Å². The molecule has 0 aliphatic heterocycles. The molecule has 2 nitrogen and oxygen atoms in total. The lowest BCUT2D eigenvalue weighted by atomic mass is 10.0. The van der Waals surface area contributed by atoms with Gasteiger partial charge in [-0.25, -0.2) is 0 Å². The second kappa shape index (κ2) is 3.09. The highest BCUT2D eigenvalue weighted by atomic mass is 35.5. The average Bonchev–Trinajstić information content (AvgIpc) is 2.31. The summed E-state index contributed by atoms with van der Waals surface area (Å²) in [7, 11) is 0. The molecular weight excluding hydrogens is 190 g/mol. The molecule has 0 aromatic heterocycles. The van der Waals surface area contributed by atoms with E-state index in [4.69, 9.17) is 0 Å². The fraction of sp³-hybridized carbons (Fsp3) is 0.714. The molecule has 1 aliphatic rings. The van der Waals surface area contributed by atoms with Gasteiger partial charge in [0.05, 0.1) is 5.92 Å². The molecule has 0 bridgehead atoms. The van der Waals surface area contributed by atoms with Crippen LogP contribution >= 0.6 is 11.6 Å². The zero-order valence-corrected chi connectivity index (χ0v) is 6.90. The predicted octanol–water partition coefficient (Wildman–Crippen LogP) is 1.76. The van der Waals surface area contributed by atoms with Crippen molar-refractivity contribution in [3.8, 4) is 0 Å². The molecule has 68 valence electrons. The molecule has 1 atom stereocenters. The van der Waals surface area contributed by atoms with Crippen LogP contribution in [0.4, 0.5) is 8.78 Å². The molecule has 0 saturated heterocycles. The number of alkyl halides is 3. The molecule has 0 unspecified atom stereocenters. The lowest BCUT2D eigenvalue weighted by molar-refractivity contribution is -0.141. The molecule has 0 radical (unpaired) electrons. The fourth-order valence-electron chi connectivity index (χ4n) is 1.29. The van der Waals surface area contributed by atoms with Gasteiger partial charge < -0.3 is 0 Å². The molecule has 0 amide bonds. The maximum Gasteiger partial charge on any atom is 0.381 e. The summed E-state index contributed by atoms with van der Waals surface area (Å²) < 4.78 is 24.4. The van der Waals surface area contributed by atoms with E-state index in [1.807, 2.05) is 0 Å². The Morgan fingerprint density at radius 1 is 1.58 bits per heavy atom. The maximum absolute atomic E-state index is 12.2. The van der Waals surface area contributed by atoms with Crippen LogP contribution < -0.4 is 0 Å². The van der Waals surface area contributed by atoms with Crippen molar-refractivity contribution in [2.45, 2.75) is 24.6 Å². The normalized spacial score (nSPS) is 24.6. The van der Waals surface area contributed by atoms with E-state index >= 15 is 0 Å². The van der Waals surface area contributed by atoms with Crippen molar-refractivity contribution in [2.75, 3.05) is 0 Å². The molecule has 1 fully saturated rings. The van der Waals surface area contributed by atoms with E-state index in [0.717, 1.165) is 0 Å². The van der Waals surface area contributed by atoms with Crippen LogP contribution in [0.2, 0.25) is 0 Å². The molecule has 0 aromatic rings. The summed E-state index contributed by atoms with van der Waals surface area (Å²) in [6.07, 6.45) is 0.922. The number of ketones is 2. The van der Waals surface area contributed by atoms with E-state index in [2.05, 4.69) is 11.6 Å². The minimum atomic E-state index is -3.88. The Morgan fingerprint density at radius 3 is 2.50 bits per heavy atom. The van der Waals surface area contributed by atoms with Gasteiger partial charge in [0.25, 0.3) is 0 Å². The SMILES string of the molecule is O=C1CCC[C@@H]1C(=O)C(F)(F)Cl. The summed E-state index contributed by atoms with van der Waals surface area (Å²) in [4.78, 5) is 21.6. The van der Waals surface area contributed by atoms with Crippen molar-refractivity contribution in [1.29, 1.82) is 0 Å². The zero-order chi connectivity index (χ0) is 9.35. The van der Waals surface area contributed by atoms with Gasteiger partial charge in [0.1, 0.15) is 5.78 Å². The lowest BCUT2D eigenvalue weighted by Crippen LogP contribution is -2.31. The second-order valence-electron chi connectivity index (χ2n) is 2.77. The van der Waals surface area contributed by atoms with Gasteiger partial charge in [-0.15, -0.1) is 0 Å². The topological polar surface area (TPSA) is 34.1 Å². The predicted molar refractivity (Wildman–Crippen MR) is 38.2 cm³/mol. The van der Waals surface area contributed by atoms with Crippen molar-refractivity contribution in [3.05, 3.63) is 0 Å². The summed E-state index contributed by atoms with van der Waals surface area (Å²) in [6.45, 7) is 0. The summed E-state index contributed by atoms with van der Waals surface area (Å²) >= 11 is 4.49. The van der Waals surface area contributed by atoms with Gasteiger partial charge in [-0.2, -0.15) is 8.78 Å². The Balaban J connectivity index is 2.71. The number of carbonyl (C=O) groups excluding carboxylic acids is 2. The van der Waals surface area contributed by atoms with E-state index < -0.39 is 22.9 Å². The summed E-state index contributed by atoms with van der Waals surface area (Å²) in [5.74, 6) is -3.04. The Hall–Kier alpha value is -0.510. The molecule has 0 aromatic carbocycles. The molecular formula is C7H7ClF2O2. The van der Waals surface area contributed by atoms with E-state index in [0.29, 0.717) is 6.42 Å². The second-order valence-corrected chi connectivity index (χ2v) is 3.25. The van der Waals surface area contributed by atoms with Gasteiger partial charge in [-0.1, -0.05) is 0 Å². The first-order valence-corrected chi connectivity index (χ1v) is 3.94. The monoisotopic (exact) mass is 196 g/mol. The molecule has 1 aliphatic carbocycles. The van der Waals surface area contributed by atoms with Crippen LogP contribution in [0.3, 0.4) is 0 Å². The van der Waals surface area contributed by atoms with Crippen LogP contribution in [0, 0.1) is 5.92 Å². The number of halogens is 3. The largest absolute Gasteiger partial charge is 0.381 e. The van der Waals surface area contributed by atoms with Crippen molar-refractivity contribution < 1.29 is 18.4 Å². The Labute approximate surface area is 72.9 Å². The van der Waals surface area contributed by atoms with Crippen molar-refractivity contribution in [1.82, 2.24) is 0 Å². The first-order valence-electron chi connectivity index (χ1n) is 3.56. The molecule has 0 spiro atoms. The van der Waals surface area contributed by atoms with Crippen molar-refractivity contribution in [3.63, 3.8) is 0 Å².